The molecule has 0 radical (unpaired) electrons. The van der Waals surface area contributed by atoms with Gasteiger partial charge < -0.3 is 30.2 Å². The van der Waals surface area contributed by atoms with Gasteiger partial charge in [0.15, 0.2) is 12.5 Å². The van der Waals surface area contributed by atoms with Crippen LogP contribution in [0.5, 0.6) is 0 Å². The number of nitrogens with one attached hydrogen (secondary N) is 1. The van der Waals surface area contributed by atoms with Crippen molar-refractivity contribution in [3.05, 3.63) is 22.7 Å². The first-order valence-corrected chi connectivity index (χ1v) is 9.85. The lowest BCUT2D eigenvalue weighted by Gasteiger charge is -2.26. The van der Waals surface area contributed by atoms with Crippen LogP contribution in [0.15, 0.2) is 17.1 Å². The number of esters is 1. The van der Waals surface area contributed by atoms with E-state index >= 15 is 0 Å². The van der Waals surface area contributed by atoms with Crippen LogP contribution < -0.4 is 16.7 Å². The standard InChI is InChI=1S/C18H25N5O6/c19-13-5-8-23(18(26)21-13)14-9-27-15(29-14)10-28-17(25)12-4-2-7-22(12)16(24)11-3-1-6-20-11/h5,8,11-12,14-15,20H,1-4,6-7,9-10H2,(H2,19,21,26)/t11?,12?,14-,15-/m0/s1. The number of nitrogens with two attached hydrogens (primary N) is 1. The molecule has 3 N–H and O–H groups in total. The molecule has 0 aliphatic carbocycles. The average Bonchev–Trinajstić information content (AvgIpc) is 3.47. The van der Waals surface area contributed by atoms with Crippen molar-refractivity contribution in [3.63, 3.8) is 0 Å². The molecule has 4 heterocycles. The summed E-state index contributed by atoms with van der Waals surface area (Å²) in [5.74, 6) is -0.375. The molecule has 0 bridgehead atoms. The number of carbonyl (C=O) groups excluding carboxylic acids is 2. The van der Waals surface area contributed by atoms with E-state index in [4.69, 9.17) is 19.9 Å². The smallest absolute Gasteiger partial charge is 0.351 e. The number of likely N-dealkylation sites (tertiary alicyclic amines) is 1. The molecule has 4 atom stereocenters. The molecule has 3 aliphatic rings. The van der Waals surface area contributed by atoms with Crippen molar-refractivity contribution in [2.24, 2.45) is 0 Å². The number of rotatable bonds is 5. The van der Waals surface area contributed by atoms with Crippen LogP contribution in [0, 0.1) is 0 Å². The largest absolute Gasteiger partial charge is 0.459 e. The molecular weight excluding hydrogens is 382 g/mol. The number of hydrogen-bond donors (Lipinski definition) is 2. The second kappa shape index (κ2) is 8.47. The number of hydrogen-bond acceptors (Lipinski definition) is 9. The van der Waals surface area contributed by atoms with Gasteiger partial charge in [0, 0.05) is 12.7 Å². The summed E-state index contributed by atoms with van der Waals surface area (Å²) >= 11 is 0. The van der Waals surface area contributed by atoms with Crippen molar-refractivity contribution < 1.29 is 23.8 Å². The Balaban J connectivity index is 1.29. The average molecular weight is 407 g/mol. The number of nitrogens with zero attached hydrogens (tertiary/aromatic N) is 3. The molecule has 158 valence electrons. The van der Waals surface area contributed by atoms with Gasteiger partial charge in [-0.05, 0) is 38.3 Å². The fraction of sp³-hybridized carbons (Fsp3) is 0.667. The van der Waals surface area contributed by atoms with Crippen molar-refractivity contribution in [1.82, 2.24) is 19.8 Å². The molecule has 4 rings (SSSR count). The third-order valence-corrected chi connectivity index (χ3v) is 5.42. The summed E-state index contributed by atoms with van der Waals surface area (Å²) in [5, 5.41) is 3.17. The van der Waals surface area contributed by atoms with Crippen molar-refractivity contribution >= 4 is 17.7 Å². The molecule has 1 aromatic heterocycles. The minimum atomic E-state index is -0.796. The number of anilines is 1. The van der Waals surface area contributed by atoms with Gasteiger partial charge in [0.25, 0.3) is 0 Å². The number of amides is 1. The molecule has 11 nitrogen and oxygen atoms in total. The summed E-state index contributed by atoms with van der Waals surface area (Å²) in [5.41, 5.74) is 4.94. The van der Waals surface area contributed by atoms with Crippen molar-refractivity contribution in [2.75, 3.05) is 32.0 Å². The van der Waals surface area contributed by atoms with Gasteiger partial charge in [-0.15, -0.1) is 0 Å². The van der Waals surface area contributed by atoms with E-state index in [9.17, 15) is 14.4 Å². The zero-order valence-corrected chi connectivity index (χ0v) is 16.0. The minimum absolute atomic E-state index is 0.0365. The van der Waals surface area contributed by atoms with E-state index in [2.05, 4.69) is 10.3 Å². The number of carbonyl (C=O) groups is 2. The lowest BCUT2D eigenvalue weighted by Crippen LogP contribution is -2.49. The van der Waals surface area contributed by atoms with Crippen LogP contribution >= 0.6 is 0 Å². The Morgan fingerprint density at radius 1 is 1.34 bits per heavy atom. The number of nitrogen functional groups attached to an aromatic ring is 1. The van der Waals surface area contributed by atoms with Crippen LogP contribution in [0.25, 0.3) is 0 Å². The lowest BCUT2D eigenvalue weighted by atomic mass is 10.1. The van der Waals surface area contributed by atoms with Crippen LogP contribution in [0.2, 0.25) is 0 Å². The summed E-state index contributed by atoms with van der Waals surface area (Å²) < 4.78 is 17.7. The molecule has 1 amide bonds. The molecule has 0 saturated carbocycles. The van der Waals surface area contributed by atoms with E-state index in [0.29, 0.717) is 13.0 Å². The maximum absolute atomic E-state index is 12.6. The van der Waals surface area contributed by atoms with Gasteiger partial charge in [-0.2, -0.15) is 4.98 Å². The summed E-state index contributed by atoms with van der Waals surface area (Å²) in [4.78, 5) is 42.3. The Labute approximate surface area is 167 Å². The SMILES string of the molecule is Nc1ccn([C@@H]2CO[C@H](COC(=O)C3CCCN3C(=O)C3CCCN3)O2)c(=O)n1. The fourth-order valence-electron chi connectivity index (χ4n) is 3.94. The zero-order chi connectivity index (χ0) is 20.4. The van der Waals surface area contributed by atoms with Gasteiger partial charge in [-0.25, -0.2) is 9.59 Å². The molecule has 2 unspecified atom stereocenters. The van der Waals surface area contributed by atoms with Gasteiger partial charge >= 0.3 is 11.7 Å². The van der Waals surface area contributed by atoms with E-state index < -0.39 is 30.2 Å². The van der Waals surface area contributed by atoms with E-state index in [0.717, 1.165) is 25.8 Å². The van der Waals surface area contributed by atoms with Gasteiger partial charge in [-0.3, -0.25) is 9.36 Å². The number of ether oxygens (including phenoxy) is 3. The highest BCUT2D eigenvalue weighted by Crippen LogP contribution is 2.23. The van der Waals surface area contributed by atoms with Gasteiger partial charge in [0.1, 0.15) is 18.5 Å². The van der Waals surface area contributed by atoms with Crippen LogP contribution in [0.3, 0.4) is 0 Å². The molecule has 1 aromatic rings. The van der Waals surface area contributed by atoms with Crippen LogP contribution in [-0.4, -0.2) is 71.0 Å². The highest BCUT2D eigenvalue weighted by atomic mass is 16.7. The Morgan fingerprint density at radius 3 is 2.97 bits per heavy atom. The maximum Gasteiger partial charge on any atom is 0.351 e. The summed E-state index contributed by atoms with van der Waals surface area (Å²) in [6.45, 7) is 1.38. The molecular formula is C18H25N5O6. The van der Waals surface area contributed by atoms with Crippen molar-refractivity contribution in [1.29, 1.82) is 0 Å². The minimum Gasteiger partial charge on any atom is -0.459 e. The monoisotopic (exact) mass is 407 g/mol. The Kier molecular flexibility index (Phi) is 5.79. The topological polar surface area (TPSA) is 138 Å². The maximum atomic E-state index is 12.6. The molecule has 3 aliphatic heterocycles. The normalized spacial score (nSPS) is 29.3. The van der Waals surface area contributed by atoms with Crippen LogP contribution in [0.1, 0.15) is 31.9 Å². The summed E-state index contributed by atoms with van der Waals surface area (Å²) in [6, 6.07) is 0.701. The molecule has 3 fully saturated rings. The van der Waals surface area contributed by atoms with E-state index in [1.54, 1.807) is 4.90 Å². The van der Waals surface area contributed by atoms with Gasteiger partial charge in [0.2, 0.25) is 5.91 Å². The molecule has 0 spiro atoms. The number of aromatic nitrogens is 2. The first kappa shape index (κ1) is 19.8. The second-order valence-electron chi connectivity index (χ2n) is 7.36. The van der Waals surface area contributed by atoms with Gasteiger partial charge in [-0.1, -0.05) is 0 Å². The van der Waals surface area contributed by atoms with Crippen molar-refractivity contribution in [2.45, 2.75) is 50.3 Å². The quantitative estimate of drug-likeness (QED) is 0.588. The third-order valence-electron chi connectivity index (χ3n) is 5.42. The predicted octanol–water partition coefficient (Wildman–Crippen LogP) is -1.02. The first-order valence-electron chi connectivity index (χ1n) is 9.85. The van der Waals surface area contributed by atoms with Gasteiger partial charge in [0.05, 0.1) is 12.6 Å². The summed E-state index contributed by atoms with van der Waals surface area (Å²) in [7, 11) is 0. The molecule has 0 aromatic carbocycles. The molecule has 3 saturated heterocycles. The van der Waals surface area contributed by atoms with E-state index in [1.165, 1.54) is 16.8 Å². The Bertz CT molecular complexity index is 823. The highest BCUT2D eigenvalue weighted by molar-refractivity contribution is 5.88. The third kappa shape index (κ3) is 4.26. The van der Waals surface area contributed by atoms with Crippen LogP contribution in [-0.2, 0) is 23.8 Å². The van der Waals surface area contributed by atoms with Crippen LogP contribution in [0.4, 0.5) is 5.82 Å². The van der Waals surface area contributed by atoms with E-state index in [1.807, 2.05) is 0 Å². The first-order chi connectivity index (χ1) is 14.0. The zero-order valence-electron chi connectivity index (χ0n) is 16.0. The fourth-order valence-corrected chi connectivity index (χ4v) is 3.94. The molecule has 29 heavy (non-hydrogen) atoms. The second-order valence-corrected chi connectivity index (χ2v) is 7.36. The highest BCUT2D eigenvalue weighted by Gasteiger charge is 2.39. The van der Waals surface area contributed by atoms with Crippen molar-refractivity contribution in [3.8, 4) is 0 Å². The van der Waals surface area contributed by atoms with E-state index in [-0.39, 0.29) is 31.0 Å². The Hall–Kier alpha value is -2.50. The lowest BCUT2D eigenvalue weighted by molar-refractivity contribution is -0.166. The Morgan fingerprint density at radius 2 is 2.21 bits per heavy atom. The predicted molar refractivity (Wildman–Crippen MR) is 99.5 cm³/mol. The summed E-state index contributed by atoms with van der Waals surface area (Å²) in [6.07, 6.45) is 3.12. The molecule has 11 heteroatoms.